The summed E-state index contributed by atoms with van der Waals surface area (Å²) in [5, 5.41) is 3.06. The summed E-state index contributed by atoms with van der Waals surface area (Å²) in [6.45, 7) is 7.73. The molecule has 6 nitrogen and oxygen atoms in total. The van der Waals surface area contributed by atoms with Crippen LogP contribution in [0.3, 0.4) is 0 Å². The lowest BCUT2D eigenvalue weighted by Crippen LogP contribution is -2.57. The van der Waals surface area contributed by atoms with E-state index in [1.54, 1.807) is 14.2 Å². The Morgan fingerprint density at radius 2 is 2.00 bits per heavy atom. The number of nitrogens with one attached hydrogen (secondary N) is 1. The number of carbonyl (C=O) groups excluding carboxylic acids is 1. The van der Waals surface area contributed by atoms with Crippen LogP contribution in [0.2, 0.25) is 0 Å². The average Bonchev–Trinajstić information content (AvgIpc) is 2.60. The van der Waals surface area contributed by atoms with Crippen molar-refractivity contribution < 1.29 is 14.3 Å². The number of carbonyl (C=O) groups is 1. The van der Waals surface area contributed by atoms with Crippen LogP contribution in [0.15, 0.2) is 18.2 Å². The molecular formula is C19H31N3O3. The van der Waals surface area contributed by atoms with Gasteiger partial charge >= 0.3 is 0 Å². The molecule has 1 aliphatic rings. The summed E-state index contributed by atoms with van der Waals surface area (Å²) < 4.78 is 10.6. The molecule has 1 aliphatic heterocycles. The maximum absolute atomic E-state index is 12.5. The third-order valence-corrected chi connectivity index (χ3v) is 4.92. The fourth-order valence-electron chi connectivity index (χ4n) is 3.39. The molecule has 1 fully saturated rings. The largest absolute Gasteiger partial charge is 0.493 e. The van der Waals surface area contributed by atoms with Gasteiger partial charge in [-0.3, -0.25) is 9.69 Å². The average molecular weight is 349 g/mol. The predicted octanol–water partition coefficient (Wildman–Crippen LogP) is 1.39. The second kappa shape index (κ2) is 9.06. The molecule has 0 spiro atoms. The Kier molecular flexibility index (Phi) is 7.08. The molecular weight excluding hydrogens is 318 g/mol. The van der Waals surface area contributed by atoms with Crippen LogP contribution < -0.4 is 14.8 Å². The fourth-order valence-corrected chi connectivity index (χ4v) is 3.39. The van der Waals surface area contributed by atoms with E-state index in [2.05, 4.69) is 29.1 Å². The minimum absolute atomic E-state index is 0.0943. The first-order valence-electron chi connectivity index (χ1n) is 8.89. The van der Waals surface area contributed by atoms with Crippen molar-refractivity contribution in [1.29, 1.82) is 0 Å². The van der Waals surface area contributed by atoms with E-state index in [1.165, 1.54) is 0 Å². The minimum Gasteiger partial charge on any atom is -0.493 e. The Morgan fingerprint density at radius 3 is 2.64 bits per heavy atom. The zero-order valence-electron chi connectivity index (χ0n) is 16.0. The van der Waals surface area contributed by atoms with Gasteiger partial charge in [0.15, 0.2) is 11.5 Å². The zero-order valence-corrected chi connectivity index (χ0v) is 16.0. The van der Waals surface area contributed by atoms with Crippen molar-refractivity contribution in [2.24, 2.45) is 0 Å². The van der Waals surface area contributed by atoms with Crippen molar-refractivity contribution >= 4 is 5.91 Å². The molecule has 1 aromatic rings. The van der Waals surface area contributed by atoms with Gasteiger partial charge in [-0.15, -0.1) is 0 Å². The second-order valence-corrected chi connectivity index (χ2v) is 6.76. The van der Waals surface area contributed by atoms with Gasteiger partial charge in [0.25, 0.3) is 0 Å². The number of methoxy groups -OCH3 is 2. The highest BCUT2D eigenvalue weighted by Gasteiger charge is 2.29. The number of piperazine rings is 1. The third-order valence-electron chi connectivity index (χ3n) is 4.92. The molecule has 0 saturated carbocycles. The van der Waals surface area contributed by atoms with Gasteiger partial charge in [0.1, 0.15) is 0 Å². The van der Waals surface area contributed by atoms with E-state index >= 15 is 0 Å². The number of nitrogens with zero attached hydrogens (tertiary/aromatic N) is 2. The number of rotatable bonds is 7. The van der Waals surface area contributed by atoms with E-state index in [0.29, 0.717) is 24.1 Å². The molecule has 2 unspecified atom stereocenters. The molecule has 1 heterocycles. The topological polar surface area (TPSA) is 54.0 Å². The second-order valence-electron chi connectivity index (χ2n) is 6.76. The van der Waals surface area contributed by atoms with E-state index in [9.17, 15) is 4.79 Å². The first-order chi connectivity index (χ1) is 12.0. The minimum atomic E-state index is -0.103. The molecule has 1 amide bonds. The standard InChI is InChI=1S/C19H31N3O3/c1-14-13-21(3)10-11-22(14)15(2)19(23)20-9-8-16-6-7-17(24-4)18(12-16)25-5/h6-7,12,14-15H,8-11,13H2,1-5H3,(H,20,23). The maximum atomic E-state index is 12.5. The van der Waals surface area contributed by atoms with Crippen LogP contribution in [0.1, 0.15) is 19.4 Å². The first kappa shape index (κ1) is 19.5. The Labute approximate surface area is 151 Å². The Morgan fingerprint density at radius 1 is 1.28 bits per heavy atom. The van der Waals surface area contributed by atoms with Gasteiger partial charge in [0, 0.05) is 32.2 Å². The summed E-state index contributed by atoms with van der Waals surface area (Å²) in [4.78, 5) is 17.1. The van der Waals surface area contributed by atoms with Crippen molar-refractivity contribution in [3.05, 3.63) is 23.8 Å². The molecule has 2 atom stereocenters. The van der Waals surface area contributed by atoms with Crippen molar-refractivity contribution in [2.45, 2.75) is 32.4 Å². The third kappa shape index (κ3) is 5.09. The molecule has 6 heteroatoms. The van der Waals surface area contributed by atoms with Gasteiger partial charge in [-0.05, 0) is 45.0 Å². The van der Waals surface area contributed by atoms with Crippen LogP contribution in [0, 0.1) is 0 Å². The lowest BCUT2D eigenvalue weighted by Gasteiger charge is -2.41. The highest BCUT2D eigenvalue weighted by atomic mass is 16.5. The van der Waals surface area contributed by atoms with Gasteiger partial charge in [-0.1, -0.05) is 6.07 Å². The molecule has 25 heavy (non-hydrogen) atoms. The van der Waals surface area contributed by atoms with Crippen LogP contribution in [-0.2, 0) is 11.2 Å². The lowest BCUT2D eigenvalue weighted by molar-refractivity contribution is -0.127. The normalized spacial score (nSPS) is 20.1. The number of amides is 1. The lowest BCUT2D eigenvalue weighted by atomic mass is 10.1. The smallest absolute Gasteiger partial charge is 0.237 e. The van der Waals surface area contributed by atoms with Crippen LogP contribution in [0.5, 0.6) is 11.5 Å². The zero-order chi connectivity index (χ0) is 18.4. The maximum Gasteiger partial charge on any atom is 0.237 e. The summed E-state index contributed by atoms with van der Waals surface area (Å²) in [6.07, 6.45) is 0.761. The van der Waals surface area contributed by atoms with Crippen molar-refractivity contribution in [2.75, 3.05) is 47.4 Å². The molecule has 2 rings (SSSR count). The molecule has 1 N–H and O–H groups in total. The summed E-state index contributed by atoms with van der Waals surface area (Å²) in [5.74, 6) is 1.52. The highest BCUT2D eigenvalue weighted by molar-refractivity contribution is 5.81. The van der Waals surface area contributed by atoms with Crippen LogP contribution in [-0.4, -0.2) is 75.2 Å². The fraction of sp³-hybridized carbons (Fsp3) is 0.632. The van der Waals surface area contributed by atoms with Crippen LogP contribution in [0.25, 0.3) is 0 Å². The van der Waals surface area contributed by atoms with Crippen molar-refractivity contribution in [1.82, 2.24) is 15.1 Å². The molecule has 140 valence electrons. The van der Waals surface area contributed by atoms with E-state index < -0.39 is 0 Å². The first-order valence-corrected chi connectivity index (χ1v) is 8.89. The predicted molar refractivity (Wildman–Crippen MR) is 99.4 cm³/mol. The highest BCUT2D eigenvalue weighted by Crippen LogP contribution is 2.27. The Bertz CT molecular complexity index is 579. The molecule has 0 bridgehead atoms. The van der Waals surface area contributed by atoms with E-state index in [0.717, 1.165) is 31.6 Å². The van der Waals surface area contributed by atoms with Gasteiger partial charge in [-0.25, -0.2) is 0 Å². The number of ether oxygens (including phenoxy) is 2. The van der Waals surface area contributed by atoms with Gasteiger partial charge in [0.2, 0.25) is 5.91 Å². The number of hydrogen-bond acceptors (Lipinski definition) is 5. The number of benzene rings is 1. The molecule has 0 aliphatic carbocycles. The SMILES string of the molecule is COc1ccc(CCNC(=O)C(C)N2CCN(C)CC2C)cc1OC. The van der Waals surface area contributed by atoms with E-state index in [4.69, 9.17) is 9.47 Å². The van der Waals surface area contributed by atoms with E-state index in [1.807, 2.05) is 25.1 Å². The van der Waals surface area contributed by atoms with Crippen molar-refractivity contribution in [3.8, 4) is 11.5 Å². The summed E-state index contributed by atoms with van der Waals surface area (Å²) in [7, 11) is 5.38. The Balaban J connectivity index is 1.83. The van der Waals surface area contributed by atoms with Crippen molar-refractivity contribution in [3.63, 3.8) is 0 Å². The molecule has 1 aromatic carbocycles. The number of hydrogen-bond donors (Lipinski definition) is 1. The van der Waals surface area contributed by atoms with E-state index in [-0.39, 0.29) is 11.9 Å². The van der Waals surface area contributed by atoms with Crippen LogP contribution >= 0.6 is 0 Å². The quantitative estimate of drug-likeness (QED) is 0.806. The monoisotopic (exact) mass is 349 g/mol. The summed E-state index contributed by atoms with van der Waals surface area (Å²) in [6, 6.07) is 6.14. The Hall–Kier alpha value is -1.79. The van der Waals surface area contributed by atoms with Gasteiger partial charge in [-0.2, -0.15) is 0 Å². The molecule has 0 aromatic heterocycles. The van der Waals surface area contributed by atoms with Crippen LogP contribution in [0.4, 0.5) is 0 Å². The molecule has 0 radical (unpaired) electrons. The summed E-state index contributed by atoms with van der Waals surface area (Å²) >= 11 is 0. The van der Waals surface area contributed by atoms with Gasteiger partial charge in [0.05, 0.1) is 20.3 Å². The van der Waals surface area contributed by atoms with Gasteiger partial charge < -0.3 is 19.7 Å². The number of likely N-dealkylation sites (N-methyl/N-ethyl adjacent to an activating group) is 1. The summed E-state index contributed by atoms with van der Waals surface area (Å²) in [5.41, 5.74) is 1.11. The molecule has 1 saturated heterocycles.